The van der Waals surface area contributed by atoms with Gasteiger partial charge in [-0.05, 0) is 31.9 Å². The van der Waals surface area contributed by atoms with E-state index in [1.54, 1.807) is 13.8 Å². The standard InChI is InChI=1S/C17H25N3O7S/c1-12(2)9-18(10-14-11-27-17(3,4)19(14)16(21)22)28(25,26)15-7-5-13(6-8-15)20(23)24/h5-8,12,14H,9-11H2,1-4H3,(H,21,22). The molecule has 1 aliphatic rings. The minimum absolute atomic E-state index is 0.0126. The van der Waals surface area contributed by atoms with E-state index in [1.807, 2.05) is 13.8 Å². The van der Waals surface area contributed by atoms with Gasteiger partial charge in [0.1, 0.15) is 5.72 Å². The van der Waals surface area contributed by atoms with Crippen molar-refractivity contribution in [2.24, 2.45) is 5.92 Å². The molecule has 1 heterocycles. The number of carboxylic acid groups (broad SMARTS) is 1. The number of carbonyl (C=O) groups is 1. The van der Waals surface area contributed by atoms with Crippen molar-refractivity contribution in [3.8, 4) is 0 Å². The first-order valence-corrected chi connectivity index (χ1v) is 10.2. The highest BCUT2D eigenvalue weighted by molar-refractivity contribution is 7.89. The molecular weight excluding hydrogens is 390 g/mol. The maximum Gasteiger partial charge on any atom is 0.409 e. The normalized spacial score (nSPS) is 19.4. The van der Waals surface area contributed by atoms with Crippen molar-refractivity contribution in [1.82, 2.24) is 9.21 Å². The largest absolute Gasteiger partial charge is 0.465 e. The van der Waals surface area contributed by atoms with E-state index in [0.717, 1.165) is 17.0 Å². The van der Waals surface area contributed by atoms with Gasteiger partial charge in [0.05, 0.1) is 22.5 Å². The zero-order valence-electron chi connectivity index (χ0n) is 16.2. The number of rotatable bonds is 7. The lowest BCUT2D eigenvalue weighted by Gasteiger charge is -2.33. The summed E-state index contributed by atoms with van der Waals surface area (Å²) in [5.74, 6) is -0.0126. The van der Waals surface area contributed by atoms with E-state index < -0.39 is 32.8 Å². The van der Waals surface area contributed by atoms with E-state index in [-0.39, 0.29) is 36.2 Å². The van der Waals surface area contributed by atoms with E-state index in [4.69, 9.17) is 4.74 Å². The maximum atomic E-state index is 13.1. The number of nitro groups is 1. The molecule has 1 amide bonds. The van der Waals surface area contributed by atoms with Gasteiger partial charge in [-0.25, -0.2) is 13.2 Å². The van der Waals surface area contributed by atoms with Crippen LogP contribution in [0.4, 0.5) is 10.5 Å². The van der Waals surface area contributed by atoms with Crippen molar-refractivity contribution in [3.05, 3.63) is 34.4 Å². The van der Waals surface area contributed by atoms with Gasteiger partial charge in [-0.1, -0.05) is 13.8 Å². The third kappa shape index (κ3) is 4.59. The second kappa shape index (κ2) is 8.02. The van der Waals surface area contributed by atoms with Crippen molar-refractivity contribution in [2.75, 3.05) is 19.7 Å². The molecule has 1 fully saturated rings. The van der Waals surface area contributed by atoms with E-state index in [2.05, 4.69) is 0 Å². The van der Waals surface area contributed by atoms with Crippen LogP contribution in [0.3, 0.4) is 0 Å². The van der Waals surface area contributed by atoms with E-state index in [9.17, 15) is 28.4 Å². The number of nitro benzene ring substituents is 1. The number of ether oxygens (including phenoxy) is 1. The summed E-state index contributed by atoms with van der Waals surface area (Å²) in [4.78, 5) is 22.9. The molecule has 10 nitrogen and oxygen atoms in total. The zero-order chi connectivity index (χ0) is 21.3. The van der Waals surface area contributed by atoms with Crippen LogP contribution >= 0.6 is 0 Å². The molecule has 1 aliphatic heterocycles. The molecule has 156 valence electrons. The molecule has 1 N–H and O–H groups in total. The van der Waals surface area contributed by atoms with Crippen molar-refractivity contribution >= 4 is 21.8 Å². The summed E-state index contributed by atoms with van der Waals surface area (Å²) < 4.78 is 33.0. The topological polar surface area (TPSA) is 130 Å². The Bertz CT molecular complexity index is 837. The van der Waals surface area contributed by atoms with Gasteiger partial charge in [0.25, 0.3) is 5.69 Å². The Labute approximate surface area is 163 Å². The van der Waals surface area contributed by atoms with Crippen LogP contribution in [-0.4, -0.2) is 65.2 Å². The molecule has 0 aromatic heterocycles. The summed E-state index contributed by atoms with van der Waals surface area (Å²) in [7, 11) is -3.98. The van der Waals surface area contributed by atoms with Gasteiger partial charge in [-0.3, -0.25) is 15.0 Å². The van der Waals surface area contributed by atoms with Crippen LogP contribution in [-0.2, 0) is 14.8 Å². The second-order valence-electron chi connectivity index (χ2n) is 7.53. The second-order valence-corrected chi connectivity index (χ2v) is 9.47. The highest BCUT2D eigenvalue weighted by Crippen LogP contribution is 2.29. The third-order valence-corrected chi connectivity index (χ3v) is 6.29. The summed E-state index contributed by atoms with van der Waals surface area (Å²) in [6.07, 6.45) is -1.19. The van der Waals surface area contributed by atoms with Crippen LogP contribution in [0.5, 0.6) is 0 Å². The lowest BCUT2D eigenvalue weighted by Crippen LogP contribution is -2.52. The average molecular weight is 415 g/mol. The lowest BCUT2D eigenvalue weighted by molar-refractivity contribution is -0.384. The quantitative estimate of drug-likeness (QED) is 0.534. The minimum atomic E-state index is -3.98. The summed E-state index contributed by atoms with van der Waals surface area (Å²) in [6, 6.07) is 3.96. The number of hydrogen-bond acceptors (Lipinski definition) is 6. The van der Waals surface area contributed by atoms with E-state index in [1.165, 1.54) is 16.4 Å². The first-order chi connectivity index (χ1) is 12.9. The molecule has 1 atom stereocenters. The van der Waals surface area contributed by atoms with Gasteiger partial charge in [0.2, 0.25) is 10.0 Å². The monoisotopic (exact) mass is 415 g/mol. The molecule has 1 unspecified atom stereocenters. The lowest BCUT2D eigenvalue weighted by atomic mass is 10.2. The summed E-state index contributed by atoms with van der Waals surface area (Å²) >= 11 is 0. The molecule has 0 spiro atoms. The van der Waals surface area contributed by atoms with Gasteiger partial charge in [-0.2, -0.15) is 4.31 Å². The van der Waals surface area contributed by atoms with Crippen LogP contribution in [0.15, 0.2) is 29.2 Å². The Kier molecular flexibility index (Phi) is 6.31. The Morgan fingerprint density at radius 2 is 1.96 bits per heavy atom. The first-order valence-electron chi connectivity index (χ1n) is 8.77. The van der Waals surface area contributed by atoms with Crippen LogP contribution in [0.25, 0.3) is 0 Å². The van der Waals surface area contributed by atoms with Crippen LogP contribution in [0.1, 0.15) is 27.7 Å². The van der Waals surface area contributed by atoms with Crippen molar-refractivity contribution < 1.29 is 28.0 Å². The fourth-order valence-corrected chi connectivity index (χ4v) is 4.85. The van der Waals surface area contributed by atoms with Gasteiger partial charge in [-0.15, -0.1) is 0 Å². The Balaban J connectivity index is 2.34. The number of non-ortho nitro benzene ring substituents is 1. The summed E-state index contributed by atoms with van der Waals surface area (Å²) in [6.45, 7) is 7.09. The van der Waals surface area contributed by atoms with Crippen molar-refractivity contribution in [2.45, 2.75) is 44.4 Å². The van der Waals surface area contributed by atoms with E-state index >= 15 is 0 Å². The van der Waals surface area contributed by atoms with Gasteiger partial charge >= 0.3 is 6.09 Å². The molecule has 0 aliphatic carbocycles. The number of sulfonamides is 1. The SMILES string of the molecule is CC(C)CN(CC1COC(C)(C)N1C(=O)O)S(=O)(=O)c1ccc([N+](=O)[O-])cc1. The Hall–Kier alpha value is -2.24. The number of amides is 1. The van der Waals surface area contributed by atoms with Crippen molar-refractivity contribution in [1.29, 1.82) is 0 Å². The Morgan fingerprint density at radius 3 is 2.43 bits per heavy atom. The molecule has 1 aromatic carbocycles. The first kappa shape index (κ1) is 22.1. The highest BCUT2D eigenvalue weighted by Gasteiger charge is 2.45. The molecule has 0 saturated carbocycles. The Morgan fingerprint density at radius 1 is 1.39 bits per heavy atom. The predicted octanol–water partition coefficient (Wildman–Crippen LogP) is 2.36. The molecular formula is C17H25N3O7S. The number of hydrogen-bond donors (Lipinski definition) is 1. The minimum Gasteiger partial charge on any atom is -0.465 e. The maximum absolute atomic E-state index is 13.1. The van der Waals surface area contributed by atoms with E-state index in [0.29, 0.717) is 0 Å². The fraction of sp³-hybridized carbons (Fsp3) is 0.588. The molecule has 2 rings (SSSR count). The van der Waals surface area contributed by atoms with Crippen LogP contribution in [0, 0.1) is 16.0 Å². The van der Waals surface area contributed by atoms with Crippen molar-refractivity contribution in [3.63, 3.8) is 0 Å². The molecule has 0 bridgehead atoms. The average Bonchev–Trinajstić information content (AvgIpc) is 2.88. The summed E-state index contributed by atoms with van der Waals surface area (Å²) in [5.41, 5.74) is -1.27. The van der Waals surface area contributed by atoms with Gasteiger partial charge in [0.15, 0.2) is 0 Å². The van der Waals surface area contributed by atoms with Crippen LogP contribution < -0.4 is 0 Å². The van der Waals surface area contributed by atoms with Gasteiger partial charge in [0, 0.05) is 25.2 Å². The van der Waals surface area contributed by atoms with Gasteiger partial charge < -0.3 is 9.84 Å². The molecule has 28 heavy (non-hydrogen) atoms. The molecule has 11 heteroatoms. The smallest absolute Gasteiger partial charge is 0.409 e. The predicted molar refractivity (Wildman–Crippen MR) is 100 cm³/mol. The molecule has 1 saturated heterocycles. The molecule has 1 aromatic rings. The molecule has 0 radical (unpaired) electrons. The number of nitrogens with zero attached hydrogens (tertiary/aromatic N) is 3. The third-order valence-electron chi connectivity index (χ3n) is 4.45. The highest BCUT2D eigenvalue weighted by atomic mass is 32.2. The fourth-order valence-electron chi connectivity index (χ4n) is 3.21. The zero-order valence-corrected chi connectivity index (χ0v) is 17.0. The van der Waals surface area contributed by atoms with Crippen LogP contribution in [0.2, 0.25) is 0 Å². The summed E-state index contributed by atoms with van der Waals surface area (Å²) in [5, 5.41) is 20.3. The number of benzene rings is 1.